The van der Waals surface area contributed by atoms with Gasteiger partial charge in [-0.25, -0.2) is 13.8 Å². The first kappa shape index (κ1) is 16.3. The number of aromatic nitrogens is 2. The molecule has 0 amide bonds. The molecule has 0 atom stereocenters. The van der Waals surface area contributed by atoms with E-state index in [4.69, 9.17) is 9.84 Å². The highest BCUT2D eigenvalue weighted by Crippen LogP contribution is 2.27. The monoisotopic (exact) mass is 328 g/mol. The Hall–Kier alpha value is -2.09. The van der Waals surface area contributed by atoms with Crippen LogP contribution >= 0.6 is 11.8 Å². The Labute approximate surface area is 129 Å². The predicted octanol–water partition coefficient (Wildman–Crippen LogP) is 2.80. The maximum atomic E-state index is 12.9. The Balaban J connectivity index is 2.06. The molecule has 0 bridgehead atoms. The molecule has 1 aromatic carbocycles. The average Bonchev–Trinajstić information content (AvgIpc) is 2.46. The Morgan fingerprint density at radius 2 is 2.14 bits per heavy atom. The van der Waals surface area contributed by atoms with E-state index in [2.05, 4.69) is 9.97 Å². The van der Waals surface area contributed by atoms with Crippen molar-refractivity contribution in [1.29, 1.82) is 0 Å². The van der Waals surface area contributed by atoms with Gasteiger partial charge in [-0.3, -0.25) is 9.78 Å². The molecular formula is C14H14F2N2O3S. The van der Waals surface area contributed by atoms with Gasteiger partial charge in [-0.15, -0.1) is 0 Å². The second-order valence-corrected chi connectivity index (χ2v) is 5.62. The molecule has 0 aliphatic heterocycles. The number of nitrogens with zero attached hydrogens (tertiary/aromatic N) is 1. The summed E-state index contributed by atoms with van der Waals surface area (Å²) >= 11 is 1.20. The first-order valence-electron chi connectivity index (χ1n) is 6.35. The van der Waals surface area contributed by atoms with Gasteiger partial charge in [-0.1, -0.05) is 30.0 Å². The lowest BCUT2D eigenvalue weighted by atomic mass is 10.2. The predicted molar refractivity (Wildman–Crippen MR) is 78.6 cm³/mol. The minimum atomic E-state index is -2.91. The lowest BCUT2D eigenvalue weighted by Gasteiger charge is -2.14. The minimum Gasteiger partial charge on any atom is -0.502 e. The molecule has 0 unspecified atom stereocenters. The summed E-state index contributed by atoms with van der Waals surface area (Å²) in [5.41, 5.74) is 0.0696. The molecule has 22 heavy (non-hydrogen) atoms. The summed E-state index contributed by atoms with van der Waals surface area (Å²) in [7, 11) is 0. The second kappa shape index (κ2) is 6.78. The number of thioether (sulfide) groups is 1. The van der Waals surface area contributed by atoms with Crippen LogP contribution in [0.3, 0.4) is 0 Å². The zero-order valence-electron chi connectivity index (χ0n) is 11.7. The number of aromatic amines is 1. The Bertz CT molecular complexity index is 701. The van der Waals surface area contributed by atoms with Crippen LogP contribution in [0.25, 0.3) is 0 Å². The van der Waals surface area contributed by atoms with E-state index in [-0.39, 0.29) is 0 Å². The van der Waals surface area contributed by atoms with Crippen LogP contribution < -0.4 is 10.3 Å². The molecule has 0 fully saturated rings. The number of para-hydroxylation sites is 1. The van der Waals surface area contributed by atoms with Crippen molar-refractivity contribution in [3.63, 3.8) is 0 Å². The summed E-state index contributed by atoms with van der Waals surface area (Å²) in [6.07, 6.45) is 1.06. The van der Waals surface area contributed by atoms with Gasteiger partial charge < -0.3 is 9.84 Å². The van der Waals surface area contributed by atoms with Crippen LogP contribution in [-0.4, -0.2) is 27.6 Å². The smallest absolute Gasteiger partial charge is 0.293 e. The Morgan fingerprint density at radius 1 is 1.41 bits per heavy atom. The molecule has 1 aromatic heterocycles. The van der Waals surface area contributed by atoms with E-state index >= 15 is 0 Å². The lowest BCUT2D eigenvalue weighted by Crippen LogP contribution is -2.21. The first-order valence-corrected chi connectivity index (χ1v) is 7.33. The first-order chi connectivity index (χ1) is 10.3. The summed E-state index contributed by atoms with van der Waals surface area (Å²) in [6, 6.07) is 6.81. The fourth-order valence-corrected chi connectivity index (χ4v) is 2.38. The molecular weight excluding hydrogens is 314 g/mol. The van der Waals surface area contributed by atoms with Gasteiger partial charge in [0, 0.05) is 18.2 Å². The second-order valence-electron chi connectivity index (χ2n) is 4.66. The third kappa shape index (κ3) is 4.73. The molecule has 0 saturated carbocycles. The molecule has 0 saturated heterocycles. The fraction of sp³-hybridized carbons (Fsp3) is 0.286. The van der Waals surface area contributed by atoms with Crippen LogP contribution in [-0.2, 0) is 5.75 Å². The van der Waals surface area contributed by atoms with Crippen molar-refractivity contribution in [3.05, 3.63) is 46.4 Å². The van der Waals surface area contributed by atoms with E-state index in [0.29, 0.717) is 22.2 Å². The Kier molecular flexibility index (Phi) is 5.02. The number of benzene rings is 1. The van der Waals surface area contributed by atoms with Crippen molar-refractivity contribution in [2.24, 2.45) is 0 Å². The SMILES string of the molecule is CC(F)(F)COc1ccccc1CSc1ncc(O)c(=O)[nH]1. The number of nitrogens with one attached hydrogen (secondary N) is 1. The van der Waals surface area contributed by atoms with Crippen molar-refractivity contribution in [1.82, 2.24) is 9.97 Å². The van der Waals surface area contributed by atoms with Gasteiger partial charge in [0.2, 0.25) is 0 Å². The van der Waals surface area contributed by atoms with Crippen molar-refractivity contribution in [2.75, 3.05) is 6.61 Å². The molecule has 118 valence electrons. The van der Waals surface area contributed by atoms with Crippen molar-refractivity contribution in [3.8, 4) is 11.5 Å². The zero-order valence-corrected chi connectivity index (χ0v) is 12.5. The number of ether oxygens (including phenoxy) is 1. The van der Waals surface area contributed by atoms with Gasteiger partial charge in [-0.05, 0) is 6.07 Å². The molecule has 1 heterocycles. The molecule has 0 aliphatic carbocycles. The van der Waals surface area contributed by atoms with Gasteiger partial charge in [0.25, 0.3) is 11.5 Å². The highest BCUT2D eigenvalue weighted by Gasteiger charge is 2.22. The third-order valence-corrected chi connectivity index (χ3v) is 3.51. The maximum absolute atomic E-state index is 12.9. The normalized spacial score (nSPS) is 11.4. The van der Waals surface area contributed by atoms with Gasteiger partial charge in [-0.2, -0.15) is 0 Å². The van der Waals surface area contributed by atoms with E-state index in [9.17, 15) is 13.6 Å². The summed E-state index contributed by atoms with van der Waals surface area (Å²) in [5, 5.41) is 9.43. The number of halogens is 2. The van der Waals surface area contributed by atoms with Gasteiger partial charge >= 0.3 is 0 Å². The van der Waals surface area contributed by atoms with E-state index < -0.39 is 23.8 Å². The van der Waals surface area contributed by atoms with Crippen LogP contribution in [0.2, 0.25) is 0 Å². The summed E-state index contributed by atoms with van der Waals surface area (Å²) in [5.74, 6) is -2.64. The highest BCUT2D eigenvalue weighted by atomic mass is 32.2. The fourth-order valence-electron chi connectivity index (χ4n) is 1.56. The number of H-pyrrole nitrogens is 1. The van der Waals surface area contributed by atoms with Crippen LogP contribution in [0.5, 0.6) is 11.5 Å². The molecule has 0 radical (unpaired) electrons. The van der Waals surface area contributed by atoms with Crippen LogP contribution in [0.15, 0.2) is 40.4 Å². The average molecular weight is 328 g/mol. The topological polar surface area (TPSA) is 75.2 Å². The lowest BCUT2D eigenvalue weighted by molar-refractivity contribution is -0.0231. The van der Waals surface area contributed by atoms with Gasteiger partial charge in [0.1, 0.15) is 5.75 Å². The van der Waals surface area contributed by atoms with E-state index in [1.165, 1.54) is 11.8 Å². The van der Waals surface area contributed by atoms with Crippen molar-refractivity contribution in [2.45, 2.75) is 23.8 Å². The number of aromatic hydroxyl groups is 1. The summed E-state index contributed by atoms with van der Waals surface area (Å²) in [4.78, 5) is 17.5. The standard InChI is InChI=1S/C14H14F2N2O3S/c1-14(15,16)8-21-11-5-3-2-4-9(11)7-22-13-17-6-10(19)12(20)18-13/h2-6,19H,7-8H2,1H3,(H,17,18,20). The molecule has 2 N–H and O–H groups in total. The minimum absolute atomic E-state index is 0.318. The molecule has 0 aliphatic rings. The van der Waals surface area contributed by atoms with Crippen LogP contribution in [0.4, 0.5) is 8.78 Å². The molecule has 0 spiro atoms. The number of alkyl halides is 2. The van der Waals surface area contributed by atoms with E-state index in [1.807, 2.05) is 0 Å². The maximum Gasteiger partial charge on any atom is 0.293 e. The quantitative estimate of drug-likeness (QED) is 0.630. The molecule has 5 nitrogen and oxygen atoms in total. The Morgan fingerprint density at radius 3 is 2.82 bits per heavy atom. The molecule has 8 heteroatoms. The van der Waals surface area contributed by atoms with Gasteiger partial charge in [0.15, 0.2) is 17.5 Å². The van der Waals surface area contributed by atoms with Crippen molar-refractivity contribution >= 4 is 11.8 Å². The zero-order chi connectivity index (χ0) is 16.2. The van der Waals surface area contributed by atoms with Crippen molar-refractivity contribution < 1.29 is 18.6 Å². The summed E-state index contributed by atoms with van der Waals surface area (Å²) < 4.78 is 30.9. The molecule has 2 rings (SSSR count). The molecule has 2 aromatic rings. The van der Waals surface area contributed by atoms with Crippen LogP contribution in [0.1, 0.15) is 12.5 Å². The number of hydrogen-bond acceptors (Lipinski definition) is 5. The number of rotatable bonds is 6. The van der Waals surface area contributed by atoms with E-state index in [1.54, 1.807) is 24.3 Å². The van der Waals surface area contributed by atoms with E-state index in [0.717, 1.165) is 13.1 Å². The van der Waals surface area contributed by atoms with Gasteiger partial charge in [0.05, 0.1) is 6.20 Å². The number of hydrogen-bond donors (Lipinski definition) is 2. The summed E-state index contributed by atoms with van der Waals surface area (Å²) in [6.45, 7) is 0.0818. The largest absolute Gasteiger partial charge is 0.502 e. The third-order valence-electron chi connectivity index (χ3n) is 2.58. The highest BCUT2D eigenvalue weighted by molar-refractivity contribution is 7.98. The van der Waals surface area contributed by atoms with Crippen LogP contribution in [0, 0.1) is 0 Å².